The fourth-order valence-corrected chi connectivity index (χ4v) is 3.33. The molecule has 7 heteroatoms. The van der Waals surface area contributed by atoms with Crippen LogP contribution in [0.4, 0.5) is 0 Å². The predicted octanol–water partition coefficient (Wildman–Crippen LogP) is 3.02. The summed E-state index contributed by atoms with van der Waals surface area (Å²) in [5.74, 6) is 1.92. The molecule has 1 aliphatic carbocycles. The molecule has 2 atom stereocenters. The minimum absolute atomic E-state index is 0.0110. The summed E-state index contributed by atoms with van der Waals surface area (Å²) in [6.45, 7) is 4.37. The SMILES string of the molecule is Cc1ccc([C@H]2C[C@@H]2COc2nc(C)ncc2-c2ccc(=O)n(CC#N)c2)nc1. The third-order valence-electron chi connectivity index (χ3n) is 5.08. The maximum atomic E-state index is 11.9. The van der Waals surface area contributed by atoms with Gasteiger partial charge in [0.1, 0.15) is 12.4 Å². The molecule has 0 unspecified atom stereocenters. The smallest absolute Gasteiger partial charge is 0.251 e. The standard InChI is InChI=1S/C22H21N5O2/c1-14-3-5-20(25-10-14)18-9-17(18)13-29-22-19(11-24-15(2)26-22)16-4-6-21(28)27(12-16)8-7-23/h3-6,10-12,17-18H,8-9,13H2,1-2H3/t17-,18+/m1/s1. The fourth-order valence-electron chi connectivity index (χ4n) is 3.33. The van der Waals surface area contributed by atoms with Crippen molar-refractivity contribution in [3.63, 3.8) is 0 Å². The average molecular weight is 387 g/mol. The minimum Gasteiger partial charge on any atom is -0.477 e. The molecule has 3 heterocycles. The molecule has 0 amide bonds. The van der Waals surface area contributed by atoms with Gasteiger partial charge in [0.15, 0.2) is 0 Å². The van der Waals surface area contributed by atoms with Crippen LogP contribution in [-0.2, 0) is 6.54 Å². The van der Waals surface area contributed by atoms with E-state index in [1.807, 2.05) is 26.1 Å². The van der Waals surface area contributed by atoms with Crippen LogP contribution in [0.5, 0.6) is 5.88 Å². The highest BCUT2D eigenvalue weighted by Gasteiger charge is 2.40. The normalized spacial score (nSPS) is 17.6. The number of nitrogens with zero attached hydrogens (tertiary/aromatic N) is 5. The Hall–Kier alpha value is -3.53. The van der Waals surface area contributed by atoms with Gasteiger partial charge in [-0.2, -0.15) is 10.2 Å². The molecule has 0 aromatic carbocycles. The second-order valence-corrected chi connectivity index (χ2v) is 7.35. The quantitative estimate of drug-likeness (QED) is 0.645. The van der Waals surface area contributed by atoms with Crippen LogP contribution < -0.4 is 10.3 Å². The van der Waals surface area contributed by atoms with Gasteiger partial charge in [-0.15, -0.1) is 0 Å². The highest BCUT2D eigenvalue weighted by molar-refractivity contribution is 5.66. The maximum Gasteiger partial charge on any atom is 0.251 e. The lowest BCUT2D eigenvalue weighted by Gasteiger charge is -2.12. The summed E-state index contributed by atoms with van der Waals surface area (Å²) in [6.07, 6.45) is 6.28. The lowest BCUT2D eigenvalue weighted by molar-refractivity contribution is 0.285. The zero-order valence-corrected chi connectivity index (χ0v) is 16.4. The van der Waals surface area contributed by atoms with Crippen molar-refractivity contribution in [2.45, 2.75) is 32.7 Å². The van der Waals surface area contributed by atoms with Crippen LogP contribution in [0.2, 0.25) is 0 Å². The van der Waals surface area contributed by atoms with Crippen molar-refractivity contribution in [2.75, 3.05) is 6.61 Å². The number of hydrogen-bond acceptors (Lipinski definition) is 6. The number of pyridine rings is 2. The van der Waals surface area contributed by atoms with Crippen LogP contribution in [0.1, 0.15) is 29.4 Å². The van der Waals surface area contributed by atoms with Crippen molar-refractivity contribution >= 4 is 0 Å². The van der Waals surface area contributed by atoms with Gasteiger partial charge in [0.25, 0.3) is 5.56 Å². The van der Waals surface area contributed by atoms with Crippen LogP contribution in [-0.4, -0.2) is 26.1 Å². The number of rotatable bonds is 6. The van der Waals surface area contributed by atoms with E-state index in [4.69, 9.17) is 10.00 Å². The summed E-state index contributed by atoms with van der Waals surface area (Å²) >= 11 is 0. The Balaban J connectivity index is 1.52. The van der Waals surface area contributed by atoms with Crippen LogP contribution in [0.25, 0.3) is 11.1 Å². The Morgan fingerprint density at radius 3 is 2.83 bits per heavy atom. The van der Waals surface area contributed by atoms with Gasteiger partial charge in [-0.05, 0) is 38.0 Å². The molecule has 29 heavy (non-hydrogen) atoms. The zero-order chi connectivity index (χ0) is 20.4. The largest absolute Gasteiger partial charge is 0.477 e. The minimum atomic E-state index is -0.225. The first-order valence-electron chi connectivity index (χ1n) is 9.52. The molecule has 7 nitrogen and oxygen atoms in total. The van der Waals surface area contributed by atoms with Crippen molar-refractivity contribution in [2.24, 2.45) is 5.92 Å². The Morgan fingerprint density at radius 2 is 2.07 bits per heavy atom. The first kappa shape index (κ1) is 18.8. The Morgan fingerprint density at radius 1 is 1.21 bits per heavy atom. The van der Waals surface area contributed by atoms with E-state index in [1.54, 1.807) is 18.5 Å². The number of hydrogen-bond donors (Lipinski definition) is 0. The molecule has 0 saturated heterocycles. The third-order valence-corrected chi connectivity index (χ3v) is 5.08. The molecule has 0 N–H and O–H groups in total. The highest BCUT2D eigenvalue weighted by Crippen LogP contribution is 2.47. The topological polar surface area (TPSA) is 93.7 Å². The molecule has 0 spiro atoms. The van der Waals surface area contributed by atoms with E-state index in [9.17, 15) is 4.79 Å². The van der Waals surface area contributed by atoms with Crippen molar-refractivity contribution in [3.8, 4) is 23.1 Å². The van der Waals surface area contributed by atoms with E-state index >= 15 is 0 Å². The monoisotopic (exact) mass is 387 g/mol. The van der Waals surface area contributed by atoms with E-state index in [1.165, 1.54) is 10.6 Å². The van der Waals surface area contributed by atoms with Crippen LogP contribution >= 0.6 is 0 Å². The number of aromatic nitrogens is 4. The van der Waals surface area contributed by atoms with Crippen molar-refractivity contribution in [1.29, 1.82) is 5.26 Å². The van der Waals surface area contributed by atoms with Gasteiger partial charge in [-0.25, -0.2) is 4.98 Å². The molecule has 3 aromatic rings. The predicted molar refractivity (Wildman–Crippen MR) is 107 cm³/mol. The number of aryl methyl sites for hydroxylation is 2. The Labute approximate surface area is 168 Å². The second kappa shape index (κ2) is 7.84. The van der Waals surface area contributed by atoms with Crippen LogP contribution in [0.3, 0.4) is 0 Å². The molecule has 4 rings (SSSR count). The summed E-state index contributed by atoms with van der Waals surface area (Å²) < 4.78 is 7.43. The zero-order valence-electron chi connectivity index (χ0n) is 16.4. The molecule has 1 aliphatic rings. The molecule has 0 bridgehead atoms. The van der Waals surface area contributed by atoms with E-state index in [-0.39, 0.29) is 12.1 Å². The summed E-state index contributed by atoms with van der Waals surface area (Å²) in [5, 5.41) is 8.92. The van der Waals surface area contributed by atoms with Crippen LogP contribution in [0.15, 0.2) is 47.7 Å². The van der Waals surface area contributed by atoms with Gasteiger partial charge < -0.3 is 9.30 Å². The van der Waals surface area contributed by atoms with Gasteiger partial charge >= 0.3 is 0 Å². The summed E-state index contributed by atoms with van der Waals surface area (Å²) in [5.41, 5.74) is 3.47. The van der Waals surface area contributed by atoms with Crippen molar-refractivity contribution < 1.29 is 4.74 Å². The van der Waals surface area contributed by atoms with Gasteiger partial charge in [-0.3, -0.25) is 9.78 Å². The fraction of sp³-hybridized carbons (Fsp3) is 0.318. The summed E-state index contributed by atoms with van der Waals surface area (Å²) in [6, 6.07) is 9.30. The van der Waals surface area contributed by atoms with Gasteiger partial charge in [0.05, 0.1) is 18.2 Å². The molecule has 0 aliphatic heterocycles. The second-order valence-electron chi connectivity index (χ2n) is 7.35. The Kier molecular flexibility index (Phi) is 5.09. The summed E-state index contributed by atoms with van der Waals surface area (Å²) in [4.78, 5) is 25.1. The number of ether oxygens (including phenoxy) is 1. The van der Waals surface area contributed by atoms with Crippen LogP contribution in [0, 0.1) is 31.1 Å². The van der Waals surface area contributed by atoms with E-state index in [0.717, 1.165) is 23.2 Å². The highest BCUT2D eigenvalue weighted by atomic mass is 16.5. The van der Waals surface area contributed by atoms with Gasteiger partial charge in [-0.1, -0.05) is 6.07 Å². The number of nitriles is 1. The van der Waals surface area contributed by atoms with E-state index in [2.05, 4.69) is 27.1 Å². The molecule has 3 aromatic heterocycles. The molecular weight excluding hydrogens is 366 g/mol. The van der Waals surface area contributed by atoms with E-state index in [0.29, 0.717) is 35.7 Å². The Bertz CT molecular complexity index is 1130. The molecule has 1 fully saturated rings. The third kappa shape index (κ3) is 4.16. The lowest BCUT2D eigenvalue weighted by atomic mass is 10.1. The maximum absolute atomic E-state index is 11.9. The molecule has 146 valence electrons. The summed E-state index contributed by atoms with van der Waals surface area (Å²) in [7, 11) is 0. The van der Waals surface area contributed by atoms with Crippen molar-refractivity contribution in [3.05, 3.63) is 70.3 Å². The van der Waals surface area contributed by atoms with Gasteiger partial charge in [0.2, 0.25) is 5.88 Å². The van der Waals surface area contributed by atoms with Crippen molar-refractivity contribution in [1.82, 2.24) is 19.5 Å². The first-order chi connectivity index (χ1) is 14.0. The first-order valence-corrected chi connectivity index (χ1v) is 9.52. The van der Waals surface area contributed by atoms with E-state index < -0.39 is 0 Å². The molecular formula is C22H21N5O2. The van der Waals surface area contributed by atoms with Gasteiger partial charge in [0, 0.05) is 47.8 Å². The molecule has 1 saturated carbocycles. The lowest BCUT2D eigenvalue weighted by Crippen LogP contribution is -2.17. The average Bonchev–Trinajstić information content (AvgIpc) is 3.49. The molecule has 0 radical (unpaired) electrons.